The summed E-state index contributed by atoms with van der Waals surface area (Å²) >= 11 is 0. The van der Waals surface area contributed by atoms with Crippen LogP contribution in [-0.2, 0) is 0 Å². The zero-order valence-corrected chi connectivity index (χ0v) is 8.55. The van der Waals surface area contributed by atoms with Crippen LogP contribution in [0, 0.1) is 0 Å². The molecule has 0 fully saturated rings. The van der Waals surface area contributed by atoms with Gasteiger partial charge in [0.25, 0.3) is 5.56 Å². The molecule has 0 radical (unpaired) electrons. The molecular weight excluding hydrogens is 200 g/mol. The Balaban J connectivity index is 2.30. The maximum Gasteiger partial charge on any atom is 0.272 e. The molecule has 1 N–H and O–H groups in total. The van der Waals surface area contributed by atoms with Gasteiger partial charge in [0.15, 0.2) is 0 Å². The van der Waals surface area contributed by atoms with Crippen molar-refractivity contribution in [2.75, 3.05) is 0 Å². The quantitative estimate of drug-likeness (QED) is 0.657. The molecule has 0 unspecified atom stereocenters. The Bertz CT molecular complexity index is 680. The summed E-state index contributed by atoms with van der Waals surface area (Å²) in [7, 11) is 0. The van der Waals surface area contributed by atoms with E-state index in [1.54, 1.807) is 6.07 Å². The molecule has 3 heteroatoms. The van der Waals surface area contributed by atoms with Crippen LogP contribution in [0.3, 0.4) is 0 Å². The summed E-state index contributed by atoms with van der Waals surface area (Å²) in [5.41, 5.74) is 2.44. The summed E-state index contributed by atoms with van der Waals surface area (Å²) in [6.45, 7) is 0. The molecule has 0 aliphatic heterocycles. The fraction of sp³-hybridized carbons (Fsp3) is 0. The molecule has 3 nitrogen and oxygen atoms in total. The number of H-pyrrole nitrogens is 1. The van der Waals surface area contributed by atoms with E-state index < -0.39 is 0 Å². The number of hydrogen-bond acceptors (Lipinski definition) is 1. The second-order valence-electron chi connectivity index (χ2n) is 3.66. The van der Waals surface area contributed by atoms with Gasteiger partial charge in [0.2, 0.25) is 0 Å². The van der Waals surface area contributed by atoms with Gasteiger partial charge in [-0.25, -0.2) is 0 Å². The van der Waals surface area contributed by atoms with Crippen LogP contribution in [0.25, 0.3) is 16.8 Å². The highest BCUT2D eigenvalue weighted by atomic mass is 16.1. The SMILES string of the molecule is O=c1[nH]c(-c2ccccc2)cn2cccc12. The van der Waals surface area contributed by atoms with E-state index in [1.807, 2.05) is 53.2 Å². The molecule has 0 aliphatic rings. The summed E-state index contributed by atoms with van der Waals surface area (Å²) in [6, 6.07) is 13.5. The lowest BCUT2D eigenvalue weighted by Gasteiger charge is -2.02. The van der Waals surface area contributed by atoms with E-state index in [4.69, 9.17) is 0 Å². The Morgan fingerprint density at radius 2 is 1.81 bits per heavy atom. The fourth-order valence-corrected chi connectivity index (χ4v) is 1.82. The van der Waals surface area contributed by atoms with E-state index in [-0.39, 0.29) is 5.56 Å². The maximum atomic E-state index is 11.8. The largest absolute Gasteiger partial charge is 0.319 e. The summed E-state index contributed by atoms with van der Waals surface area (Å²) in [4.78, 5) is 14.6. The van der Waals surface area contributed by atoms with Crippen molar-refractivity contribution < 1.29 is 0 Å². The van der Waals surface area contributed by atoms with Gasteiger partial charge in [-0.2, -0.15) is 0 Å². The third-order valence-corrected chi connectivity index (χ3v) is 2.61. The van der Waals surface area contributed by atoms with Crippen molar-refractivity contribution in [1.82, 2.24) is 9.38 Å². The van der Waals surface area contributed by atoms with Gasteiger partial charge >= 0.3 is 0 Å². The summed E-state index contributed by atoms with van der Waals surface area (Å²) < 4.78 is 1.83. The van der Waals surface area contributed by atoms with Crippen LogP contribution in [-0.4, -0.2) is 9.38 Å². The van der Waals surface area contributed by atoms with Crippen molar-refractivity contribution in [3.63, 3.8) is 0 Å². The van der Waals surface area contributed by atoms with E-state index in [1.165, 1.54) is 0 Å². The second-order valence-corrected chi connectivity index (χ2v) is 3.66. The minimum Gasteiger partial charge on any atom is -0.319 e. The molecule has 0 spiro atoms. The summed E-state index contributed by atoms with van der Waals surface area (Å²) in [6.07, 6.45) is 3.79. The van der Waals surface area contributed by atoms with Crippen LogP contribution in [0.5, 0.6) is 0 Å². The predicted octanol–water partition coefficient (Wildman–Crippen LogP) is 2.29. The van der Waals surface area contributed by atoms with Crippen molar-refractivity contribution in [3.8, 4) is 11.3 Å². The van der Waals surface area contributed by atoms with Gasteiger partial charge in [-0.3, -0.25) is 4.79 Å². The predicted molar refractivity (Wildman–Crippen MR) is 63.5 cm³/mol. The van der Waals surface area contributed by atoms with Crippen molar-refractivity contribution in [1.29, 1.82) is 0 Å². The van der Waals surface area contributed by atoms with Gasteiger partial charge in [0.1, 0.15) is 5.52 Å². The molecule has 16 heavy (non-hydrogen) atoms. The third kappa shape index (κ3) is 1.34. The van der Waals surface area contributed by atoms with Crippen LogP contribution < -0.4 is 5.56 Å². The number of rotatable bonds is 1. The number of aromatic amines is 1. The highest BCUT2D eigenvalue weighted by molar-refractivity contribution is 5.60. The molecule has 0 bridgehead atoms. The Labute approximate surface area is 92.0 Å². The minimum atomic E-state index is -0.0636. The summed E-state index contributed by atoms with van der Waals surface area (Å²) in [5.74, 6) is 0. The van der Waals surface area contributed by atoms with Crippen molar-refractivity contribution >= 4 is 5.52 Å². The Hall–Kier alpha value is -2.29. The number of nitrogens with one attached hydrogen (secondary N) is 1. The lowest BCUT2D eigenvalue weighted by Crippen LogP contribution is -2.09. The first-order chi connectivity index (χ1) is 7.84. The first-order valence-corrected chi connectivity index (χ1v) is 5.10. The van der Waals surface area contributed by atoms with Gasteiger partial charge < -0.3 is 9.38 Å². The molecule has 0 atom stereocenters. The van der Waals surface area contributed by atoms with Gasteiger partial charge in [0.05, 0.1) is 5.69 Å². The third-order valence-electron chi connectivity index (χ3n) is 2.61. The average molecular weight is 210 g/mol. The van der Waals surface area contributed by atoms with Crippen LogP contribution in [0.1, 0.15) is 0 Å². The smallest absolute Gasteiger partial charge is 0.272 e. The van der Waals surface area contributed by atoms with Gasteiger partial charge in [-0.05, 0) is 17.7 Å². The number of hydrogen-bond donors (Lipinski definition) is 1. The molecule has 78 valence electrons. The van der Waals surface area contributed by atoms with Crippen molar-refractivity contribution in [2.45, 2.75) is 0 Å². The standard InChI is InChI=1S/C13H10N2O/c16-13-12-7-4-8-15(12)9-11(14-13)10-5-2-1-3-6-10/h1-9H,(H,14,16). The lowest BCUT2D eigenvalue weighted by atomic mass is 10.2. The van der Waals surface area contributed by atoms with Crippen molar-refractivity contribution in [2.24, 2.45) is 0 Å². The zero-order valence-electron chi connectivity index (χ0n) is 8.55. The summed E-state index contributed by atoms with van der Waals surface area (Å²) in [5, 5.41) is 0. The zero-order chi connectivity index (χ0) is 11.0. The number of benzene rings is 1. The van der Waals surface area contributed by atoms with E-state index in [9.17, 15) is 4.79 Å². The maximum absolute atomic E-state index is 11.8. The molecule has 2 heterocycles. The number of fused-ring (bicyclic) bond motifs is 1. The minimum absolute atomic E-state index is 0.0636. The topological polar surface area (TPSA) is 37.3 Å². The molecule has 0 saturated carbocycles. The van der Waals surface area contributed by atoms with Gasteiger partial charge in [0, 0.05) is 12.4 Å². The van der Waals surface area contributed by atoms with E-state index in [0.29, 0.717) is 5.52 Å². The average Bonchev–Trinajstić information content (AvgIpc) is 2.79. The van der Waals surface area contributed by atoms with Crippen molar-refractivity contribution in [3.05, 3.63) is 65.2 Å². The highest BCUT2D eigenvalue weighted by Gasteiger charge is 2.02. The normalized spacial score (nSPS) is 10.8. The van der Waals surface area contributed by atoms with E-state index in [0.717, 1.165) is 11.3 Å². The molecule has 3 aromatic rings. The molecule has 1 aromatic carbocycles. The van der Waals surface area contributed by atoms with Crippen LogP contribution in [0.15, 0.2) is 59.7 Å². The molecule has 0 amide bonds. The Morgan fingerprint density at radius 1 is 1.00 bits per heavy atom. The molecule has 0 aliphatic carbocycles. The monoisotopic (exact) mass is 210 g/mol. The van der Waals surface area contributed by atoms with E-state index >= 15 is 0 Å². The molecule has 3 rings (SSSR count). The first kappa shape index (κ1) is 8.97. The molecule has 2 aromatic heterocycles. The fourth-order valence-electron chi connectivity index (χ4n) is 1.82. The Morgan fingerprint density at radius 3 is 2.62 bits per heavy atom. The Kier molecular flexibility index (Phi) is 1.90. The van der Waals surface area contributed by atoms with E-state index in [2.05, 4.69) is 4.98 Å². The number of aromatic nitrogens is 2. The first-order valence-electron chi connectivity index (χ1n) is 5.10. The highest BCUT2D eigenvalue weighted by Crippen LogP contribution is 2.14. The number of nitrogens with zero attached hydrogens (tertiary/aromatic N) is 1. The molecule has 0 saturated heterocycles. The van der Waals surface area contributed by atoms with Crippen LogP contribution in [0.4, 0.5) is 0 Å². The van der Waals surface area contributed by atoms with Crippen LogP contribution in [0.2, 0.25) is 0 Å². The van der Waals surface area contributed by atoms with Gasteiger partial charge in [-0.15, -0.1) is 0 Å². The molecular formula is C13H10N2O. The second kappa shape index (κ2) is 3.38. The lowest BCUT2D eigenvalue weighted by molar-refractivity contribution is 1.11. The van der Waals surface area contributed by atoms with Crippen LogP contribution >= 0.6 is 0 Å². The van der Waals surface area contributed by atoms with Gasteiger partial charge in [-0.1, -0.05) is 30.3 Å².